The van der Waals surface area contributed by atoms with Crippen molar-refractivity contribution in [2.75, 3.05) is 5.32 Å². The van der Waals surface area contributed by atoms with E-state index >= 15 is 0 Å². The Morgan fingerprint density at radius 3 is 2.42 bits per heavy atom. The minimum Gasteiger partial charge on any atom is -0.322 e. The molecule has 0 saturated heterocycles. The van der Waals surface area contributed by atoms with Gasteiger partial charge in [-0.25, -0.2) is 0 Å². The topological polar surface area (TPSA) is 64.0 Å². The second-order valence-corrected chi connectivity index (χ2v) is 8.02. The van der Waals surface area contributed by atoms with Gasteiger partial charge in [0.25, 0.3) is 11.5 Å². The Kier molecular flexibility index (Phi) is 5.90. The largest absolute Gasteiger partial charge is 0.416 e. The number of aromatic nitrogens is 2. The zero-order valence-electron chi connectivity index (χ0n) is 16.9. The van der Waals surface area contributed by atoms with Crippen molar-refractivity contribution in [3.63, 3.8) is 0 Å². The van der Waals surface area contributed by atoms with Gasteiger partial charge in [-0.2, -0.15) is 13.2 Å². The lowest BCUT2D eigenvalue weighted by Crippen LogP contribution is -2.19. The molecule has 2 heterocycles. The Labute approximate surface area is 195 Å². The molecule has 0 saturated carbocycles. The molecule has 2 aromatic carbocycles. The van der Waals surface area contributed by atoms with E-state index in [9.17, 15) is 22.8 Å². The van der Waals surface area contributed by atoms with Crippen LogP contribution in [0.3, 0.4) is 0 Å². The fourth-order valence-corrected chi connectivity index (χ4v) is 4.14. The van der Waals surface area contributed by atoms with Crippen molar-refractivity contribution in [1.82, 2.24) is 9.55 Å². The highest BCUT2D eigenvalue weighted by molar-refractivity contribution is 6.39. The molecule has 0 aliphatic rings. The zero-order valence-corrected chi connectivity index (χ0v) is 18.4. The summed E-state index contributed by atoms with van der Waals surface area (Å²) in [4.78, 5) is 29.5. The second kappa shape index (κ2) is 8.53. The normalized spacial score (nSPS) is 11.6. The highest BCUT2D eigenvalue weighted by Gasteiger charge is 2.31. The molecule has 1 N–H and O–H groups in total. The van der Waals surface area contributed by atoms with E-state index in [4.69, 9.17) is 23.2 Å². The van der Waals surface area contributed by atoms with Crippen molar-refractivity contribution in [2.45, 2.75) is 6.18 Å². The van der Waals surface area contributed by atoms with Crippen LogP contribution in [0.4, 0.5) is 18.9 Å². The molecule has 168 valence electrons. The van der Waals surface area contributed by atoms with Crippen LogP contribution in [-0.4, -0.2) is 15.5 Å². The van der Waals surface area contributed by atoms with E-state index in [0.29, 0.717) is 10.9 Å². The number of anilines is 1. The molecule has 2 aromatic heterocycles. The summed E-state index contributed by atoms with van der Waals surface area (Å²) in [5.74, 6) is -0.770. The first-order valence-corrected chi connectivity index (χ1v) is 10.2. The van der Waals surface area contributed by atoms with Crippen LogP contribution in [0.1, 0.15) is 15.9 Å². The summed E-state index contributed by atoms with van der Waals surface area (Å²) in [6.07, 6.45) is -1.40. The number of rotatable bonds is 3. The van der Waals surface area contributed by atoms with E-state index < -0.39 is 17.6 Å². The first-order chi connectivity index (χ1) is 15.6. The van der Waals surface area contributed by atoms with Crippen LogP contribution in [-0.2, 0) is 13.2 Å². The van der Waals surface area contributed by atoms with Gasteiger partial charge in [0.1, 0.15) is 0 Å². The van der Waals surface area contributed by atoms with Crippen molar-refractivity contribution in [3.05, 3.63) is 92.5 Å². The second-order valence-electron chi connectivity index (χ2n) is 7.20. The fraction of sp³-hybridized carbons (Fsp3) is 0.0870. The Bertz CT molecular complexity index is 1440. The monoisotopic (exact) mass is 491 g/mol. The number of benzene rings is 2. The maximum Gasteiger partial charge on any atom is 0.416 e. The number of pyridine rings is 2. The summed E-state index contributed by atoms with van der Waals surface area (Å²) in [5, 5.41) is 3.35. The first-order valence-electron chi connectivity index (χ1n) is 9.48. The number of alkyl halides is 3. The molecule has 0 bridgehead atoms. The van der Waals surface area contributed by atoms with Gasteiger partial charge >= 0.3 is 6.18 Å². The van der Waals surface area contributed by atoms with Crippen molar-refractivity contribution in [2.24, 2.45) is 7.05 Å². The number of halogens is 5. The molecular formula is C23H14Cl2F3N3O2. The van der Waals surface area contributed by atoms with Gasteiger partial charge in [-0.05, 0) is 42.5 Å². The molecule has 4 rings (SSSR count). The van der Waals surface area contributed by atoms with Crippen LogP contribution >= 0.6 is 23.2 Å². The van der Waals surface area contributed by atoms with E-state index in [-0.39, 0.29) is 38.0 Å². The summed E-state index contributed by atoms with van der Waals surface area (Å²) in [7, 11) is 1.61. The van der Waals surface area contributed by atoms with E-state index in [1.54, 1.807) is 31.6 Å². The molecule has 0 unspecified atom stereocenters. The molecule has 4 aromatic rings. The standard InChI is InChI=1S/C23H14Cl2F3N3O2/c1-31-19-5-6-29-11-13(19)8-16(22(31)33)20-17(24)9-15(10-18(20)25)30-21(32)12-3-2-4-14(7-12)23(26,27)28/h2-11H,1H3,(H,30,32). The minimum absolute atomic E-state index is 0.0854. The Balaban J connectivity index is 1.71. The number of amides is 1. The third-order valence-corrected chi connectivity index (χ3v) is 5.64. The van der Waals surface area contributed by atoms with Gasteiger partial charge in [-0.1, -0.05) is 29.3 Å². The minimum atomic E-state index is -4.58. The number of hydrogen-bond acceptors (Lipinski definition) is 3. The van der Waals surface area contributed by atoms with E-state index in [1.165, 1.54) is 22.8 Å². The molecule has 1 amide bonds. The SMILES string of the molecule is Cn1c(=O)c(-c2c(Cl)cc(NC(=O)c3cccc(C(F)(F)F)c3)cc2Cl)cc2cnccc21. The molecule has 0 aliphatic heterocycles. The van der Waals surface area contributed by atoms with Gasteiger partial charge in [0.2, 0.25) is 0 Å². The zero-order chi connectivity index (χ0) is 23.9. The lowest BCUT2D eigenvalue weighted by atomic mass is 10.0. The smallest absolute Gasteiger partial charge is 0.322 e. The predicted molar refractivity (Wildman–Crippen MR) is 122 cm³/mol. The van der Waals surface area contributed by atoms with Gasteiger partial charge in [-0.15, -0.1) is 0 Å². The summed E-state index contributed by atoms with van der Waals surface area (Å²) >= 11 is 12.8. The molecule has 0 spiro atoms. The molecule has 5 nitrogen and oxygen atoms in total. The van der Waals surface area contributed by atoms with Crippen LogP contribution in [0.5, 0.6) is 0 Å². The number of carbonyl (C=O) groups excluding carboxylic acids is 1. The van der Waals surface area contributed by atoms with Gasteiger partial charge < -0.3 is 9.88 Å². The molecule has 0 atom stereocenters. The van der Waals surface area contributed by atoms with Crippen LogP contribution in [0.25, 0.3) is 22.0 Å². The fourth-order valence-electron chi connectivity index (χ4n) is 3.45. The number of carbonyl (C=O) groups is 1. The molecule has 33 heavy (non-hydrogen) atoms. The van der Waals surface area contributed by atoms with E-state index in [0.717, 1.165) is 18.2 Å². The summed E-state index contributed by atoms with van der Waals surface area (Å²) in [6.45, 7) is 0. The summed E-state index contributed by atoms with van der Waals surface area (Å²) < 4.78 is 40.2. The van der Waals surface area contributed by atoms with Gasteiger partial charge in [0.05, 0.1) is 26.7 Å². The van der Waals surface area contributed by atoms with Gasteiger partial charge in [-0.3, -0.25) is 14.6 Å². The van der Waals surface area contributed by atoms with Crippen molar-refractivity contribution < 1.29 is 18.0 Å². The van der Waals surface area contributed by atoms with Crippen LogP contribution in [0.15, 0.2) is 65.7 Å². The quantitative estimate of drug-likeness (QED) is 0.372. The third-order valence-electron chi connectivity index (χ3n) is 5.05. The van der Waals surface area contributed by atoms with Gasteiger partial charge in [0, 0.05) is 41.6 Å². The van der Waals surface area contributed by atoms with E-state index in [1.807, 2.05) is 0 Å². The molecule has 0 radical (unpaired) electrons. The number of nitrogens with one attached hydrogen (secondary N) is 1. The molecule has 10 heteroatoms. The number of nitrogens with zero attached hydrogens (tertiary/aromatic N) is 2. The average molecular weight is 492 g/mol. The Morgan fingerprint density at radius 1 is 1.06 bits per heavy atom. The highest BCUT2D eigenvalue weighted by Crippen LogP contribution is 2.37. The average Bonchev–Trinajstić information content (AvgIpc) is 2.76. The molecule has 0 aliphatic carbocycles. The maximum absolute atomic E-state index is 12.9. The van der Waals surface area contributed by atoms with Crippen LogP contribution in [0, 0.1) is 0 Å². The van der Waals surface area contributed by atoms with Crippen LogP contribution < -0.4 is 10.9 Å². The molecular weight excluding hydrogens is 478 g/mol. The van der Waals surface area contributed by atoms with E-state index in [2.05, 4.69) is 10.3 Å². The highest BCUT2D eigenvalue weighted by atomic mass is 35.5. The van der Waals surface area contributed by atoms with Crippen molar-refractivity contribution in [1.29, 1.82) is 0 Å². The molecule has 0 fully saturated rings. The maximum atomic E-state index is 12.9. The van der Waals surface area contributed by atoms with Crippen molar-refractivity contribution >= 4 is 45.7 Å². The summed E-state index contributed by atoms with van der Waals surface area (Å²) in [6, 6.07) is 10.1. The third kappa shape index (κ3) is 4.44. The first kappa shape index (κ1) is 22.8. The number of aryl methyl sites for hydroxylation is 1. The lowest BCUT2D eigenvalue weighted by molar-refractivity contribution is -0.137. The predicted octanol–water partition coefficient (Wildman–Crippen LogP) is 6.18. The Hall–Kier alpha value is -3.36. The number of hydrogen-bond donors (Lipinski definition) is 1. The lowest BCUT2D eigenvalue weighted by Gasteiger charge is -2.14. The number of fused-ring (bicyclic) bond motifs is 1. The summed E-state index contributed by atoms with van der Waals surface area (Å²) in [5.41, 5.74) is -0.115. The van der Waals surface area contributed by atoms with Crippen LogP contribution in [0.2, 0.25) is 10.0 Å². The van der Waals surface area contributed by atoms with Gasteiger partial charge in [0.15, 0.2) is 0 Å². The van der Waals surface area contributed by atoms with Crippen molar-refractivity contribution in [3.8, 4) is 11.1 Å². The Morgan fingerprint density at radius 2 is 1.76 bits per heavy atom.